The van der Waals surface area contributed by atoms with Crippen molar-refractivity contribution in [1.82, 2.24) is 4.90 Å². The Bertz CT molecular complexity index is 439. The van der Waals surface area contributed by atoms with Crippen LogP contribution in [0.4, 0.5) is 0 Å². The predicted molar refractivity (Wildman–Crippen MR) is 56.8 cm³/mol. The molecule has 2 heterocycles. The maximum atomic E-state index is 12.0. The number of carbonyl (C=O) groups is 2. The largest absolute Gasteiger partial charge is 0.478 e. The monoisotopic (exact) mass is 239 g/mol. The van der Waals surface area contributed by atoms with Gasteiger partial charge in [0, 0.05) is 12.6 Å². The summed E-state index contributed by atoms with van der Waals surface area (Å²) < 4.78 is 4.94. The van der Waals surface area contributed by atoms with Crippen molar-refractivity contribution in [3.05, 3.63) is 23.7 Å². The van der Waals surface area contributed by atoms with Gasteiger partial charge in [-0.3, -0.25) is 4.79 Å². The van der Waals surface area contributed by atoms with E-state index in [1.165, 1.54) is 11.0 Å². The molecule has 1 amide bonds. The molecule has 1 aromatic rings. The summed E-state index contributed by atoms with van der Waals surface area (Å²) in [6.45, 7) is 0.478. The van der Waals surface area contributed by atoms with Crippen LogP contribution in [-0.2, 0) is 0 Å². The normalized spacial score (nSPS) is 19.6. The topological polar surface area (TPSA) is 91.0 Å². The van der Waals surface area contributed by atoms with Crippen LogP contribution < -0.4 is 0 Å². The number of amides is 1. The highest BCUT2D eigenvalue weighted by Gasteiger charge is 2.30. The zero-order valence-corrected chi connectivity index (χ0v) is 9.13. The van der Waals surface area contributed by atoms with Crippen molar-refractivity contribution in [2.75, 3.05) is 13.2 Å². The number of nitrogens with zero attached hydrogens (tertiary/aromatic N) is 1. The average Bonchev–Trinajstić information content (AvgIpc) is 2.96. The van der Waals surface area contributed by atoms with E-state index in [4.69, 9.17) is 14.6 Å². The number of hydrogen-bond acceptors (Lipinski definition) is 4. The van der Waals surface area contributed by atoms with Gasteiger partial charge in [-0.2, -0.15) is 0 Å². The summed E-state index contributed by atoms with van der Waals surface area (Å²) in [6.07, 6.45) is 2.64. The van der Waals surface area contributed by atoms with Crippen molar-refractivity contribution in [1.29, 1.82) is 0 Å². The third kappa shape index (κ3) is 2.16. The van der Waals surface area contributed by atoms with Crippen molar-refractivity contribution >= 4 is 11.9 Å². The van der Waals surface area contributed by atoms with Crippen LogP contribution in [0.5, 0.6) is 0 Å². The first-order chi connectivity index (χ1) is 8.13. The zero-order chi connectivity index (χ0) is 12.4. The second-order valence-corrected chi connectivity index (χ2v) is 3.98. The molecule has 0 radical (unpaired) electrons. The number of furan rings is 1. The zero-order valence-electron chi connectivity index (χ0n) is 9.13. The van der Waals surface area contributed by atoms with Gasteiger partial charge in [0.25, 0.3) is 5.91 Å². The van der Waals surface area contributed by atoms with Gasteiger partial charge in [0.05, 0.1) is 18.2 Å². The van der Waals surface area contributed by atoms with Crippen molar-refractivity contribution in [2.24, 2.45) is 0 Å². The number of hydrogen-bond donors (Lipinski definition) is 2. The Morgan fingerprint density at radius 2 is 2.29 bits per heavy atom. The van der Waals surface area contributed by atoms with Crippen LogP contribution in [-0.4, -0.2) is 46.2 Å². The molecule has 2 N–H and O–H groups in total. The molecule has 1 unspecified atom stereocenters. The van der Waals surface area contributed by atoms with Gasteiger partial charge in [0.1, 0.15) is 6.26 Å². The molecule has 1 fully saturated rings. The molecule has 0 aliphatic carbocycles. The molecule has 0 bridgehead atoms. The number of likely N-dealkylation sites (tertiary alicyclic amines) is 1. The second kappa shape index (κ2) is 4.58. The average molecular weight is 239 g/mol. The Balaban J connectivity index is 2.16. The molecule has 1 aliphatic rings. The molecule has 17 heavy (non-hydrogen) atoms. The molecular weight excluding hydrogens is 226 g/mol. The molecule has 6 nitrogen and oxygen atoms in total. The van der Waals surface area contributed by atoms with Crippen LogP contribution >= 0.6 is 0 Å². The van der Waals surface area contributed by atoms with Crippen molar-refractivity contribution in [3.63, 3.8) is 0 Å². The van der Waals surface area contributed by atoms with E-state index >= 15 is 0 Å². The Morgan fingerprint density at radius 1 is 1.53 bits per heavy atom. The lowest BCUT2D eigenvalue weighted by Gasteiger charge is -2.21. The van der Waals surface area contributed by atoms with E-state index in [1.807, 2.05) is 0 Å². The van der Waals surface area contributed by atoms with E-state index in [0.717, 1.165) is 19.1 Å². The Morgan fingerprint density at radius 3 is 2.88 bits per heavy atom. The predicted octanol–water partition coefficient (Wildman–Crippen LogP) is 0.575. The fraction of sp³-hybridized carbons (Fsp3) is 0.455. The molecule has 1 aliphatic heterocycles. The quantitative estimate of drug-likeness (QED) is 0.804. The van der Waals surface area contributed by atoms with Gasteiger partial charge in [0.2, 0.25) is 0 Å². The Hall–Kier alpha value is -1.82. The standard InChI is InChI=1S/C11H13NO5/c13-5-8-2-1-3-12(8)10(14)9-4-7(6-17-9)11(15)16/h4,6,8,13H,1-3,5H2,(H,15,16). The lowest BCUT2D eigenvalue weighted by Crippen LogP contribution is -2.37. The van der Waals surface area contributed by atoms with E-state index in [-0.39, 0.29) is 29.9 Å². The first kappa shape index (κ1) is 11.7. The number of aromatic carboxylic acids is 1. The number of aliphatic hydroxyl groups is 1. The molecular formula is C11H13NO5. The lowest BCUT2D eigenvalue weighted by molar-refractivity contribution is 0.0645. The van der Waals surface area contributed by atoms with Gasteiger partial charge < -0.3 is 19.5 Å². The summed E-state index contributed by atoms with van der Waals surface area (Å²) in [5.74, 6) is -1.50. The fourth-order valence-electron chi connectivity index (χ4n) is 1.99. The molecule has 1 aromatic heterocycles. The Kier molecular flexibility index (Phi) is 3.14. The van der Waals surface area contributed by atoms with Crippen LogP contribution in [0.3, 0.4) is 0 Å². The maximum absolute atomic E-state index is 12.0. The Labute approximate surface area is 97.4 Å². The third-order valence-corrected chi connectivity index (χ3v) is 2.91. The van der Waals surface area contributed by atoms with E-state index in [9.17, 15) is 9.59 Å². The SMILES string of the molecule is O=C(O)c1coc(C(=O)N2CCCC2CO)c1. The van der Waals surface area contributed by atoms with E-state index in [1.54, 1.807) is 0 Å². The molecule has 92 valence electrons. The number of carbonyl (C=O) groups excluding carboxylic acids is 1. The van der Waals surface area contributed by atoms with Crippen LogP contribution in [0, 0.1) is 0 Å². The number of rotatable bonds is 3. The minimum atomic E-state index is -1.13. The molecule has 1 atom stereocenters. The highest BCUT2D eigenvalue weighted by Crippen LogP contribution is 2.20. The summed E-state index contributed by atoms with van der Waals surface area (Å²) in [5, 5.41) is 17.8. The van der Waals surface area contributed by atoms with Crippen LogP contribution in [0.25, 0.3) is 0 Å². The third-order valence-electron chi connectivity index (χ3n) is 2.91. The number of carboxylic acid groups (broad SMARTS) is 1. The van der Waals surface area contributed by atoms with E-state index in [0.29, 0.717) is 6.54 Å². The van der Waals surface area contributed by atoms with E-state index in [2.05, 4.69) is 0 Å². The lowest BCUT2D eigenvalue weighted by atomic mass is 10.2. The maximum Gasteiger partial charge on any atom is 0.338 e. The van der Waals surface area contributed by atoms with E-state index < -0.39 is 5.97 Å². The highest BCUT2D eigenvalue weighted by molar-refractivity contribution is 5.95. The molecule has 0 aromatic carbocycles. The summed E-state index contributed by atoms with van der Waals surface area (Å²) in [4.78, 5) is 24.2. The van der Waals surface area contributed by atoms with Crippen LogP contribution in [0.2, 0.25) is 0 Å². The molecule has 1 saturated heterocycles. The minimum absolute atomic E-state index is 0.00255. The van der Waals surface area contributed by atoms with Crippen molar-refractivity contribution in [2.45, 2.75) is 18.9 Å². The van der Waals surface area contributed by atoms with Crippen LogP contribution in [0.15, 0.2) is 16.7 Å². The molecule has 2 rings (SSSR count). The fourth-order valence-corrected chi connectivity index (χ4v) is 1.99. The summed E-state index contributed by atoms with van der Waals surface area (Å²) in [6, 6.07) is 1.01. The van der Waals surface area contributed by atoms with Crippen LogP contribution in [0.1, 0.15) is 33.8 Å². The summed E-state index contributed by atoms with van der Waals surface area (Å²) in [7, 11) is 0. The van der Waals surface area contributed by atoms with Crippen molar-refractivity contribution in [3.8, 4) is 0 Å². The van der Waals surface area contributed by atoms with Gasteiger partial charge in [0.15, 0.2) is 5.76 Å². The summed E-state index contributed by atoms with van der Waals surface area (Å²) >= 11 is 0. The first-order valence-corrected chi connectivity index (χ1v) is 5.37. The molecule has 6 heteroatoms. The smallest absolute Gasteiger partial charge is 0.338 e. The molecule has 0 saturated carbocycles. The van der Waals surface area contributed by atoms with Gasteiger partial charge in [-0.25, -0.2) is 4.79 Å². The number of carboxylic acids is 1. The van der Waals surface area contributed by atoms with Gasteiger partial charge in [-0.15, -0.1) is 0 Å². The second-order valence-electron chi connectivity index (χ2n) is 3.98. The highest BCUT2D eigenvalue weighted by atomic mass is 16.4. The van der Waals surface area contributed by atoms with Gasteiger partial charge in [-0.05, 0) is 12.8 Å². The number of aliphatic hydroxyl groups excluding tert-OH is 1. The summed E-state index contributed by atoms with van der Waals surface area (Å²) in [5.41, 5.74) is -0.0481. The molecule has 0 spiro atoms. The first-order valence-electron chi connectivity index (χ1n) is 5.37. The minimum Gasteiger partial charge on any atom is -0.478 e. The van der Waals surface area contributed by atoms with Gasteiger partial charge >= 0.3 is 5.97 Å². The van der Waals surface area contributed by atoms with Gasteiger partial charge in [-0.1, -0.05) is 0 Å². The van der Waals surface area contributed by atoms with Crippen molar-refractivity contribution < 1.29 is 24.2 Å².